The van der Waals surface area contributed by atoms with Crippen LogP contribution in [0.15, 0.2) is 72.1 Å². The summed E-state index contributed by atoms with van der Waals surface area (Å²) in [6.45, 7) is 0. The van der Waals surface area contributed by atoms with E-state index in [1.54, 1.807) is 0 Å². The molecule has 2 aromatic carbocycles. The van der Waals surface area contributed by atoms with E-state index in [9.17, 15) is 14.7 Å². The molecule has 1 N–H and O–H groups in total. The number of esters is 1. The van der Waals surface area contributed by atoms with Gasteiger partial charge >= 0.3 is 5.97 Å². The first-order valence-electron chi connectivity index (χ1n) is 8.32. The zero-order chi connectivity index (χ0) is 18.1. The Hall–Kier alpha value is -2.73. The third kappa shape index (κ3) is 2.97. The molecule has 1 saturated heterocycles. The molecule has 1 atom stereocenters. The zero-order valence-electron chi connectivity index (χ0n) is 13.9. The molecule has 0 spiro atoms. The molecule has 1 fully saturated rings. The SMILES string of the molecule is O=C(OC(c1ccccc1)c1ccccc1)C1=C(O)CS[C@@H]2CC(=O)N12. The van der Waals surface area contributed by atoms with Gasteiger partial charge in [-0.25, -0.2) is 4.79 Å². The summed E-state index contributed by atoms with van der Waals surface area (Å²) >= 11 is 1.45. The fraction of sp³-hybridized carbons (Fsp3) is 0.200. The Bertz CT molecular complexity index is 826. The molecule has 2 heterocycles. The van der Waals surface area contributed by atoms with Crippen LogP contribution >= 0.6 is 11.8 Å². The summed E-state index contributed by atoms with van der Waals surface area (Å²) < 4.78 is 5.77. The smallest absolute Gasteiger partial charge is 0.359 e. The number of carbonyl (C=O) groups is 2. The van der Waals surface area contributed by atoms with Gasteiger partial charge in [0, 0.05) is 0 Å². The van der Waals surface area contributed by atoms with Gasteiger partial charge in [-0.15, -0.1) is 11.8 Å². The molecule has 1 amide bonds. The van der Waals surface area contributed by atoms with Crippen LogP contribution in [0.5, 0.6) is 0 Å². The number of carbonyl (C=O) groups excluding carboxylic acids is 2. The third-order valence-electron chi connectivity index (χ3n) is 4.46. The van der Waals surface area contributed by atoms with E-state index in [0.717, 1.165) is 11.1 Å². The summed E-state index contributed by atoms with van der Waals surface area (Å²) in [7, 11) is 0. The summed E-state index contributed by atoms with van der Waals surface area (Å²) in [5, 5.41) is 10.1. The van der Waals surface area contributed by atoms with Gasteiger partial charge in [-0.1, -0.05) is 60.7 Å². The number of β-lactam (4-membered cyclic amide) rings is 1. The van der Waals surface area contributed by atoms with Crippen LogP contribution in [0, 0.1) is 0 Å². The van der Waals surface area contributed by atoms with Crippen LogP contribution in [-0.2, 0) is 14.3 Å². The lowest BCUT2D eigenvalue weighted by Crippen LogP contribution is -2.54. The Balaban J connectivity index is 1.66. The molecule has 0 saturated carbocycles. The molecule has 2 aliphatic heterocycles. The predicted molar refractivity (Wildman–Crippen MR) is 98.2 cm³/mol. The molecular weight excluding hydrogens is 350 g/mol. The van der Waals surface area contributed by atoms with Gasteiger partial charge in [0.25, 0.3) is 0 Å². The number of hydrogen-bond acceptors (Lipinski definition) is 5. The lowest BCUT2D eigenvalue weighted by Gasteiger charge is -2.43. The lowest BCUT2D eigenvalue weighted by molar-refractivity contribution is -0.152. The first-order chi connectivity index (χ1) is 12.6. The van der Waals surface area contributed by atoms with Crippen LogP contribution in [0.2, 0.25) is 0 Å². The molecule has 6 heteroatoms. The van der Waals surface area contributed by atoms with Crippen molar-refractivity contribution in [1.29, 1.82) is 0 Å². The van der Waals surface area contributed by atoms with Crippen molar-refractivity contribution in [3.05, 3.63) is 83.2 Å². The van der Waals surface area contributed by atoms with Crippen LogP contribution in [0.25, 0.3) is 0 Å². The summed E-state index contributed by atoms with van der Waals surface area (Å²) in [6.07, 6.45) is -0.232. The molecule has 0 unspecified atom stereocenters. The van der Waals surface area contributed by atoms with Crippen molar-refractivity contribution < 1.29 is 19.4 Å². The second-order valence-corrected chi connectivity index (χ2v) is 7.30. The Morgan fingerprint density at radius 2 is 1.65 bits per heavy atom. The number of fused-ring (bicyclic) bond motifs is 1. The molecular formula is C20H17NO4S. The van der Waals surface area contributed by atoms with Gasteiger partial charge in [-0.05, 0) is 11.1 Å². The van der Waals surface area contributed by atoms with Gasteiger partial charge in [-0.3, -0.25) is 9.69 Å². The molecule has 0 bridgehead atoms. The number of aliphatic hydroxyl groups excluding tert-OH is 1. The fourth-order valence-corrected chi connectivity index (χ4v) is 4.25. The standard InChI is InChI=1S/C20H17NO4S/c22-15-12-26-17-11-16(23)21(17)18(15)20(24)25-19(13-7-3-1-4-8-13)14-9-5-2-6-10-14/h1-10,17,19,22H,11-12H2/t17-/m1/s1. The van der Waals surface area contributed by atoms with Crippen molar-refractivity contribution in [1.82, 2.24) is 4.90 Å². The van der Waals surface area contributed by atoms with Crippen LogP contribution in [0.3, 0.4) is 0 Å². The number of thioether (sulfide) groups is 1. The summed E-state index contributed by atoms with van der Waals surface area (Å²) in [5.74, 6) is -0.653. The number of hydrogen-bond donors (Lipinski definition) is 1. The monoisotopic (exact) mass is 367 g/mol. The van der Waals surface area contributed by atoms with E-state index < -0.39 is 12.1 Å². The van der Waals surface area contributed by atoms with Crippen molar-refractivity contribution in [3.8, 4) is 0 Å². The molecule has 0 radical (unpaired) electrons. The quantitative estimate of drug-likeness (QED) is 0.663. The Morgan fingerprint density at radius 1 is 1.08 bits per heavy atom. The van der Waals surface area contributed by atoms with Gasteiger partial charge in [0.2, 0.25) is 5.91 Å². The van der Waals surface area contributed by atoms with Gasteiger partial charge in [0.15, 0.2) is 11.8 Å². The van der Waals surface area contributed by atoms with Crippen molar-refractivity contribution in [3.63, 3.8) is 0 Å². The van der Waals surface area contributed by atoms with Gasteiger partial charge in [0.1, 0.15) is 5.76 Å². The molecule has 132 valence electrons. The highest BCUT2D eigenvalue weighted by Crippen LogP contribution is 2.40. The van der Waals surface area contributed by atoms with Gasteiger partial charge in [-0.2, -0.15) is 0 Å². The zero-order valence-corrected chi connectivity index (χ0v) is 14.7. The Kier molecular flexibility index (Phi) is 4.42. The van der Waals surface area contributed by atoms with Crippen LogP contribution in [-0.4, -0.2) is 33.0 Å². The molecule has 0 aliphatic carbocycles. The second kappa shape index (κ2) is 6.88. The molecule has 2 aliphatic rings. The predicted octanol–water partition coefficient (Wildman–Crippen LogP) is 3.39. The van der Waals surface area contributed by atoms with Gasteiger partial charge in [0.05, 0.1) is 17.5 Å². The number of aliphatic hydroxyl groups is 1. The minimum Gasteiger partial charge on any atom is -0.509 e. The first kappa shape index (κ1) is 16.7. The fourth-order valence-electron chi connectivity index (χ4n) is 3.14. The largest absolute Gasteiger partial charge is 0.509 e. The maximum absolute atomic E-state index is 12.9. The van der Waals surface area contributed by atoms with Crippen LogP contribution < -0.4 is 0 Å². The van der Waals surface area contributed by atoms with Crippen LogP contribution in [0.1, 0.15) is 23.7 Å². The van der Waals surface area contributed by atoms with E-state index in [2.05, 4.69) is 0 Å². The summed E-state index contributed by atoms with van der Waals surface area (Å²) in [5.41, 5.74) is 1.62. The highest BCUT2D eigenvalue weighted by atomic mass is 32.2. The molecule has 2 aromatic rings. The average molecular weight is 367 g/mol. The van der Waals surface area contributed by atoms with E-state index in [0.29, 0.717) is 12.2 Å². The molecule has 26 heavy (non-hydrogen) atoms. The van der Waals surface area contributed by atoms with E-state index in [1.165, 1.54) is 16.7 Å². The molecule has 5 nitrogen and oxygen atoms in total. The number of rotatable bonds is 4. The maximum Gasteiger partial charge on any atom is 0.359 e. The lowest BCUT2D eigenvalue weighted by atomic mass is 10.0. The van der Waals surface area contributed by atoms with E-state index >= 15 is 0 Å². The number of ether oxygens (including phenoxy) is 1. The topological polar surface area (TPSA) is 66.8 Å². The van der Waals surface area contributed by atoms with Crippen molar-refractivity contribution in [2.75, 3.05) is 5.75 Å². The first-order valence-corrected chi connectivity index (χ1v) is 9.36. The Labute approximate surface area is 155 Å². The highest BCUT2D eigenvalue weighted by molar-refractivity contribution is 8.00. The number of benzene rings is 2. The van der Waals surface area contributed by atoms with Crippen LogP contribution in [0.4, 0.5) is 0 Å². The molecule has 0 aromatic heterocycles. The normalized spacial score (nSPS) is 19.2. The minimum atomic E-state index is -0.682. The average Bonchev–Trinajstić information content (AvgIpc) is 2.67. The number of nitrogens with zero attached hydrogens (tertiary/aromatic N) is 1. The van der Waals surface area contributed by atoms with E-state index in [-0.39, 0.29) is 22.7 Å². The summed E-state index contributed by atoms with van der Waals surface area (Å²) in [6, 6.07) is 18.8. The van der Waals surface area contributed by atoms with E-state index in [4.69, 9.17) is 4.74 Å². The minimum absolute atomic E-state index is 0.0261. The molecule has 4 rings (SSSR count). The van der Waals surface area contributed by atoms with E-state index in [1.807, 2.05) is 60.7 Å². The second-order valence-electron chi connectivity index (χ2n) is 6.14. The van der Waals surface area contributed by atoms with Crippen molar-refractivity contribution in [2.45, 2.75) is 17.9 Å². The third-order valence-corrected chi connectivity index (χ3v) is 5.66. The van der Waals surface area contributed by atoms with Crippen molar-refractivity contribution >= 4 is 23.6 Å². The highest BCUT2D eigenvalue weighted by Gasteiger charge is 2.46. The number of amides is 1. The van der Waals surface area contributed by atoms with Gasteiger partial charge < -0.3 is 9.84 Å². The maximum atomic E-state index is 12.9. The summed E-state index contributed by atoms with van der Waals surface area (Å²) in [4.78, 5) is 26.1. The Morgan fingerprint density at radius 3 is 2.19 bits per heavy atom. The van der Waals surface area contributed by atoms with Crippen molar-refractivity contribution in [2.24, 2.45) is 0 Å².